The molecule has 0 aliphatic carbocycles. The molecular weight excluding hydrogens is 1060 g/mol. The molecule has 72 heavy (non-hydrogen) atoms. The average Bonchev–Trinajstić information content (AvgIpc) is 4.08. The Labute approximate surface area is 448 Å². The minimum atomic E-state index is -1.60. The van der Waals surface area contributed by atoms with E-state index >= 15 is 0 Å². The van der Waals surface area contributed by atoms with E-state index in [0.29, 0.717) is 45.3 Å². The maximum absolute atomic E-state index is 9.23. The number of ether oxygens (including phenoxy) is 1. The molecule has 0 saturated heterocycles. The molecule has 0 fully saturated rings. The van der Waals surface area contributed by atoms with Crippen LogP contribution < -0.4 is 9.30 Å². The van der Waals surface area contributed by atoms with Gasteiger partial charge in [-0.1, -0.05) is 194 Å². The van der Waals surface area contributed by atoms with Crippen LogP contribution in [0.3, 0.4) is 0 Å². The first-order valence-corrected chi connectivity index (χ1v) is 24.2. The maximum Gasteiger partial charge on any atom is 0.268 e. The van der Waals surface area contributed by atoms with Crippen LogP contribution in [0.2, 0.25) is 0 Å². The molecule has 0 aliphatic heterocycles. The molecule has 8 aromatic carbocycles. The second-order valence-electron chi connectivity index (χ2n) is 20.5. The molecule has 11 rings (SSSR count). The normalized spacial score (nSPS) is 13.5. The summed E-state index contributed by atoms with van der Waals surface area (Å²) in [6, 6.07) is 55.2. The largest absolute Gasteiger partial charge is 0.510 e. The van der Waals surface area contributed by atoms with E-state index in [0.717, 1.165) is 60.7 Å². The van der Waals surface area contributed by atoms with Gasteiger partial charge in [-0.25, -0.2) is 4.98 Å². The van der Waals surface area contributed by atoms with Gasteiger partial charge >= 0.3 is 0 Å². The molecule has 0 aliphatic rings. The quantitative estimate of drug-likeness (QED) is 0.101. The van der Waals surface area contributed by atoms with Gasteiger partial charge in [0.25, 0.3) is 6.33 Å². The van der Waals surface area contributed by atoms with Gasteiger partial charge in [-0.15, -0.1) is 29.7 Å². The first-order chi connectivity index (χ1) is 37.1. The summed E-state index contributed by atoms with van der Waals surface area (Å²) >= 11 is 0. The molecule has 3 aromatic heterocycles. The smallest absolute Gasteiger partial charge is 0.268 e. The van der Waals surface area contributed by atoms with Crippen LogP contribution >= 0.6 is 0 Å². The molecule has 0 radical (unpaired) electrons. The van der Waals surface area contributed by atoms with Crippen molar-refractivity contribution in [2.24, 2.45) is 5.92 Å². The number of nitrogens with zero attached hydrogens (tertiary/aromatic N) is 4. The number of rotatable bonds is 10. The van der Waals surface area contributed by atoms with Crippen molar-refractivity contribution in [3.05, 3.63) is 223 Å². The van der Waals surface area contributed by atoms with Crippen LogP contribution in [0, 0.1) is 24.4 Å². The van der Waals surface area contributed by atoms with Crippen molar-refractivity contribution in [1.29, 1.82) is 0 Å². The molecule has 0 atom stereocenters. The molecule has 0 amide bonds. The van der Waals surface area contributed by atoms with Crippen LogP contribution in [0.15, 0.2) is 188 Å². The van der Waals surface area contributed by atoms with Crippen molar-refractivity contribution in [3.63, 3.8) is 0 Å². The third-order valence-electron chi connectivity index (χ3n) is 13.0. The van der Waals surface area contributed by atoms with Crippen molar-refractivity contribution in [1.82, 2.24) is 14.1 Å². The number of imidazole rings is 1. The Morgan fingerprint density at radius 1 is 0.625 bits per heavy atom. The number of fused-ring (bicyclic) bond motifs is 4. The molecule has 5 nitrogen and oxygen atoms in total. The summed E-state index contributed by atoms with van der Waals surface area (Å²) in [5.41, 5.74) is 11.1. The molecule has 0 bridgehead atoms. The summed E-state index contributed by atoms with van der Waals surface area (Å²) in [5, 5.41) is 1.91. The molecule has 0 N–H and O–H groups in total. The monoisotopic (exact) mass is 1120 g/mol. The van der Waals surface area contributed by atoms with E-state index in [1.165, 1.54) is 0 Å². The maximum atomic E-state index is 9.23. The third kappa shape index (κ3) is 9.35. The van der Waals surface area contributed by atoms with Crippen LogP contribution in [0.4, 0.5) is 0 Å². The zero-order valence-electron chi connectivity index (χ0n) is 48.6. The van der Waals surface area contributed by atoms with E-state index in [-0.39, 0.29) is 55.5 Å². The Balaban J connectivity index is 0.00000704. The van der Waals surface area contributed by atoms with Gasteiger partial charge in [0.05, 0.1) is 23.6 Å². The predicted octanol–water partition coefficient (Wildman–Crippen LogP) is 16.4. The zero-order valence-corrected chi connectivity index (χ0v) is 43.9. The van der Waals surface area contributed by atoms with E-state index in [1.54, 1.807) is 12.3 Å². The SMILES string of the molecule is [2H]c1c([2H])c([2H])c(-c2cccc(-c3cc(C(C)(C)C)cc(C(C)(C)C)c3)c2-[n+]2[c-]n(-c3[c-]c(Oc4[c-]c5c(cc4)c4cc(-c6ccccc6)ccc4n5-c4cc(C([2H])([2H])C(C)C)ccn4)ccc3)c3ccccc32)c([2H])c1[2H].[Pt]. The van der Waals surface area contributed by atoms with Crippen LogP contribution in [0.5, 0.6) is 11.5 Å². The van der Waals surface area contributed by atoms with E-state index < -0.39 is 24.5 Å². The summed E-state index contributed by atoms with van der Waals surface area (Å²) in [6.45, 7) is 16.9. The summed E-state index contributed by atoms with van der Waals surface area (Å²) in [6.07, 6.45) is 3.72. The summed E-state index contributed by atoms with van der Waals surface area (Å²) in [4.78, 5) is 4.81. The molecule has 0 unspecified atom stereocenters. The Hall–Kier alpha value is -7.33. The summed E-state index contributed by atoms with van der Waals surface area (Å²) in [7, 11) is 0. The van der Waals surface area contributed by atoms with Crippen LogP contribution in [-0.4, -0.2) is 14.1 Å². The zero-order chi connectivity index (χ0) is 55.2. The number of para-hydroxylation sites is 3. The van der Waals surface area contributed by atoms with Crippen molar-refractivity contribution >= 4 is 32.8 Å². The first kappa shape index (κ1) is 40.3. The van der Waals surface area contributed by atoms with Gasteiger partial charge in [0.2, 0.25) is 0 Å². The standard InChI is InChI=1S/C66H58N4O.Pt/c1-44(2)35-45-33-34-67-63(36-45)70-59-32-29-48(46-19-11-9-12-20-46)39-58(59)57-31-30-54(42-62(57)70)71-53-24-17-23-52(41-53)68-43-69(61-28-16-15-27-60(61)68)64-55(47-21-13-10-14-22-47)25-18-26-56(64)49-37-50(65(3,4)5)40-51(38-49)66(6,7)8;/h9-34,36-40,44H,35H2,1-8H3;/q-2;/i10D,13D,14D,21D,22D,35D2;. The van der Waals surface area contributed by atoms with E-state index in [4.69, 9.17) is 16.6 Å². The average molecular weight is 1130 g/mol. The van der Waals surface area contributed by atoms with Gasteiger partial charge in [-0.2, -0.15) is 18.2 Å². The second kappa shape index (κ2) is 19.4. The molecular formula is C66H58N4OPt-2. The Morgan fingerprint density at radius 2 is 1.32 bits per heavy atom. The number of benzene rings is 8. The minimum absolute atomic E-state index is 0. The molecule has 0 saturated carbocycles. The van der Waals surface area contributed by atoms with E-state index in [1.807, 2.05) is 125 Å². The van der Waals surface area contributed by atoms with Gasteiger partial charge in [0.15, 0.2) is 0 Å². The van der Waals surface area contributed by atoms with Crippen LogP contribution in [0.25, 0.3) is 83.4 Å². The first-order valence-electron chi connectivity index (χ1n) is 27.7. The van der Waals surface area contributed by atoms with Gasteiger partial charge in [0.1, 0.15) is 5.82 Å². The molecule has 0 spiro atoms. The topological polar surface area (TPSA) is 35.9 Å². The van der Waals surface area contributed by atoms with Crippen molar-refractivity contribution in [2.45, 2.75) is 72.6 Å². The minimum Gasteiger partial charge on any atom is -0.510 e. The molecule has 3 heterocycles. The Kier molecular flexibility index (Phi) is 10.8. The van der Waals surface area contributed by atoms with Gasteiger partial charge in [-0.3, -0.25) is 4.57 Å². The Bertz CT molecular complexity index is 4110. The number of hydrogen-bond acceptors (Lipinski definition) is 2. The van der Waals surface area contributed by atoms with Gasteiger partial charge in [-0.05, 0) is 102 Å². The fraction of sp³-hybridized carbons (Fsp3) is 0.182. The van der Waals surface area contributed by atoms with Crippen LogP contribution in [-0.2, 0) is 38.3 Å². The van der Waals surface area contributed by atoms with Crippen molar-refractivity contribution in [3.8, 4) is 62.1 Å². The number of hydrogen-bond donors (Lipinski definition) is 0. The van der Waals surface area contributed by atoms with Crippen LogP contribution in [0.1, 0.15) is 81.7 Å². The fourth-order valence-corrected chi connectivity index (χ4v) is 9.40. The predicted molar refractivity (Wildman–Crippen MR) is 292 cm³/mol. The van der Waals surface area contributed by atoms with Gasteiger partial charge in [0, 0.05) is 47.0 Å². The van der Waals surface area contributed by atoms with E-state index in [9.17, 15) is 2.74 Å². The summed E-state index contributed by atoms with van der Waals surface area (Å²) in [5.74, 6) is 1.13. The Morgan fingerprint density at radius 3 is 2.06 bits per heavy atom. The fourth-order valence-electron chi connectivity index (χ4n) is 9.40. The second-order valence-corrected chi connectivity index (χ2v) is 20.5. The number of aromatic nitrogens is 4. The molecule has 11 aromatic rings. The van der Waals surface area contributed by atoms with Gasteiger partial charge < -0.3 is 13.9 Å². The molecule has 360 valence electrons. The van der Waals surface area contributed by atoms with E-state index in [2.05, 4.69) is 109 Å². The van der Waals surface area contributed by atoms with Crippen molar-refractivity contribution < 1.29 is 40.0 Å². The summed E-state index contributed by atoms with van der Waals surface area (Å²) < 4.78 is 74.9. The number of pyridine rings is 1. The third-order valence-corrected chi connectivity index (χ3v) is 13.0. The molecule has 6 heteroatoms. The van der Waals surface area contributed by atoms with Crippen molar-refractivity contribution in [2.75, 3.05) is 0 Å².